The molecule has 3 fully saturated rings. The molecule has 0 saturated carbocycles. The summed E-state index contributed by atoms with van der Waals surface area (Å²) in [5.41, 5.74) is 1.21. The number of rotatable bonds is 4. The predicted molar refractivity (Wildman–Crippen MR) is 89.2 cm³/mol. The van der Waals surface area contributed by atoms with Gasteiger partial charge < -0.3 is 9.64 Å². The number of amides is 1. The fraction of sp³-hybridized carbons (Fsp3) is 0.632. The Kier molecular flexibility index (Phi) is 4.12. The van der Waals surface area contributed by atoms with E-state index in [1.165, 1.54) is 31.5 Å². The highest BCUT2D eigenvalue weighted by Gasteiger charge is 2.52. The standard InChI is InChI=1S/C19H26N2O2/c22-18(9-8-16-6-2-1-3-7-16)21-14-19(15-21)12-17(13-23-19)20-10-4-5-11-20/h1-3,6-7,17H,4-5,8-15H2. The summed E-state index contributed by atoms with van der Waals surface area (Å²) < 4.78 is 6.11. The van der Waals surface area contributed by atoms with Gasteiger partial charge in [-0.1, -0.05) is 30.3 Å². The largest absolute Gasteiger partial charge is 0.370 e. The third kappa shape index (κ3) is 3.15. The molecule has 3 aliphatic rings. The highest BCUT2D eigenvalue weighted by Crippen LogP contribution is 2.38. The van der Waals surface area contributed by atoms with Gasteiger partial charge in [-0.15, -0.1) is 0 Å². The predicted octanol–water partition coefficient (Wildman–Crippen LogP) is 2.08. The Morgan fingerprint density at radius 1 is 1.17 bits per heavy atom. The number of aryl methyl sites for hydroxylation is 1. The van der Waals surface area contributed by atoms with E-state index in [9.17, 15) is 4.79 Å². The first-order valence-corrected chi connectivity index (χ1v) is 8.94. The van der Waals surface area contributed by atoms with Gasteiger partial charge in [0, 0.05) is 12.5 Å². The smallest absolute Gasteiger partial charge is 0.223 e. The molecule has 0 N–H and O–H groups in total. The first-order valence-electron chi connectivity index (χ1n) is 8.94. The number of benzene rings is 1. The van der Waals surface area contributed by atoms with Crippen LogP contribution in [0.5, 0.6) is 0 Å². The highest BCUT2D eigenvalue weighted by molar-refractivity contribution is 5.77. The molecule has 0 radical (unpaired) electrons. The minimum absolute atomic E-state index is 0.0321. The molecule has 4 nitrogen and oxygen atoms in total. The van der Waals surface area contributed by atoms with Crippen LogP contribution >= 0.6 is 0 Å². The molecule has 4 rings (SSSR count). The average molecular weight is 314 g/mol. The zero-order valence-corrected chi connectivity index (χ0v) is 13.7. The van der Waals surface area contributed by atoms with Crippen LogP contribution in [0.4, 0.5) is 0 Å². The topological polar surface area (TPSA) is 32.8 Å². The monoisotopic (exact) mass is 314 g/mol. The summed E-state index contributed by atoms with van der Waals surface area (Å²) in [5.74, 6) is 0.271. The van der Waals surface area contributed by atoms with Crippen molar-refractivity contribution in [2.45, 2.75) is 43.7 Å². The van der Waals surface area contributed by atoms with Crippen LogP contribution < -0.4 is 0 Å². The third-order valence-corrected chi connectivity index (χ3v) is 5.63. The van der Waals surface area contributed by atoms with Gasteiger partial charge in [-0.05, 0) is 44.3 Å². The van der Waals surface area contributed by atoms with E-state index in [1.807, 2.05) is 23.1 Å². The van der Waals surface area contributed by atoms with Crippen molar-refractivity contribution in [1.82, 2.24) is 9.80 Å². The molecule has 23 heavy (non-hydrogen) atoms. The first kappa shape index (κ1) is 15.2. The van der Waals surface area contributed by atoms with Crippen molar-refractivity contribution in [3.63, 3.8) is 0 Å². The van der Waals surface area contributed by atoms with Crippen molar-refractivity contribution in [1.29, 1.82) is 0 Å². The average Bonchev–Trinajstić information content (AvgIpc) is 3.21. The summed E-state index contributed by atoms with van der Waals surface area (Å²) in [6.45, 7) is 4.90. The molecule has 0 aliphatic carbocycles. The molecule has 124 valence electrons. The fourth-order valence-corrected chi connectivity index (χ4v) is 4.26. The van der Waals surface area contributed by atoms with Gasteiger partial charge in [0.05, 0.1) is 19.7 Å². The van der Waals surface area contributed by atoms with E-state index < -0.39 is 0 Å². The van der Waals surface area contributed by atoms with Crippen LogP contribution in [0, 0.1) is 0 Å². The lowest BCUT2D eigenvalue weighted by atomic mass is 9.88. The third-order valence-electron chi connectivity index (χ3n) is 5.63. The van der Waals surface area contributed by atoms with Crippen LogP contribution in [-0.4, -0.2) is 60.1 Å². The number of nitrogens with zero attached hydrogens (tertiary/aromatic N) is 2. The molecule has 1 aromatic carbocycles. The zero-order valence-electron chi connectivity index (χ0n) is 13.7. The van der Waals surface area contributed by atoms with Gasteiger partial charge in [-0.25, -0.2) is 0 Å². The van der Waals surface area contributed by atoms with Crippen LogP contribution in [0.15, 0.2) is 30.3 Å². The molecular formula is C19H26N2O2. The quantitative estimate of drug-likeness (QED) is 0.853. The molecule has 1 amide bonds. The molecule has 3 saturated heterocycles. The van der Waals surface area contributed by atoms with Gasteiger partial charge in [-0.3, -0.25) is 9.69 Å². The van der Waals surface area contributed by atoms with Gasteiger partial charge in [0.2, 0.25) is 5.91 Å². The maximum absolute atomic E-state index is 12.3. The molecule has 3 heterocycles. The molecule has 0 bridgehead atoms. The molecule has 1 unspecified atom stereocenters. The van der Waals surface area contributed by atoms with E-state index in [4.69, 9.17) is 4.74 Å². The minimum atomic E-state index is -0.0321. The molecule has 1 spiro atoms. The van der Waals surface area contributed by atoms with Gasteiger partial charge in [-0.2, -0.15) is 0 Å². The Labute approximate surface area is 138 Å². The van der Waals surface area contributed by atoms with E-state index in [-0.39, 0.29) is 11.5 Å². The molecule has 4 heteroatoms. The Morgan fingerprint density at radius 2 is 1.91 bits per heavy atom. The lowest BCUT2D eigenvalue weighted by Crippen LogP contribution is -2.63. The second-order valence-corrected chi connectivity index (χ2v) is 7.33. The lowest BCUT2D eigenvalue weighted by Gasteiger charge is -2.47. The minimum Gasteiger partial charge on any atom is -0.370 e. The molecule has 1 atom stereocenters. The summed E-state index contributed by atoms with van der Waals surface area (Å²) >= 11 is 0. The number of carbonyl (C=O) groups is 1. The van der Waals surface area contributed by atoms with Gasteiger partial charge in [0.1, 0.15) is 5.60 Å². The van der Waals surface area contributed by atoms with E-state index in [2.05, 4.69) is 17.0 Å². The van der Waals surface area contributed by atoms with E-state index >= 15 is 0 Å². The number of ether oxygens (including phenoxy) is 1. The van der Waals surface area contributed by atoms with Crippen molar-refractivity contribution in [2.24, 2.45) is 0 Å². The summed E-state index contributed by atoms with van der Waals surface area (Å²) in [4.78, 5) is 16.9. The molecule has 3 aliphatic heterocycles. The number of likely N-dealkylation sites (tertiary alicyclic amines) is 2. The van der Waals surface area contributed by atoms with Crippen molar-refractivity contribution in [3.05, 3.63) is 35.9 Å². The number of carbonyl (C=O) groups excluding carboxylic acids is 1. The van der Waals surface area contributed by atoms with Crippen LogP contribution in [0.2, 0.25) is 0 Å². The summed E-state index contributed by atoms with van der Waals surface area (Å²) in [5, 5.41) is 0. The van der Waals surface area contributed by atoms with Crippen molar-refractivity contribution in [2.75, 3.05) is 32.8 Å². The Bertz CT molecular complexity index is 548. The summed E-state index contributed by atoms with van der Waals surface area (Å²) in [6.07, 6.45) is 5.20. The maximum Gasteiger partial charge on any atom is 0.223 e. The van der Waals surface area contributed by atoms with Crippen LogP contribution in [-0.2, 0) is 16.0 Å². The van der Waals surface area contributed by atoms with E-state index in [1.54, 1.807) is 0 Å². The fourth-order valence-electron chi connectivity index (χ4n) is 4.26. The molecule has 0 aromatic heterocycles. The van der Waals surface area contributed by atoms with Crippen molar-refractivity contribution in [3.8, 4) is 0 Å². The lowest BCUT2D eigenvalue weighted by molar-refractivity contribution is -0.157. The van der Waals surface area contributed by atoms with E-state index in [0.29, 0.717) is 12.5 Å². The molecule has 1 aromatic rings. The Balaban J connectivity index is 1.24. The number of hydrogen-bond acceptors (Lipinski definition) is 3. The highest BCUT2D eigenvalue weighted by atomic mass is 16.5. The normalized spacial score (nSPS) is 26.6. The van der Waals surface area contributed by atoms with Gasteiger partial charge in [0.15, 0.2) is 0 Å². The summed E-state index contributed by atoms with van der Waals surface area (Å²) in [6, 6.07) is 10.8. The van der Waals surface area contributed by atoms with E-state index in [0.717, 1.165) is 32.5 Å². The maximum atomic E-state index is 12.3. The van der Waals surface area contributed by atoms with Crippen molar-refractivity contribution >= 4 is 5.91 Å². The molecular weight excluding hydrogens is 288 g/mol. The second kappa shape index (κ2) is 6.25. The first-order chi connectivity index (χ1) is 11.2. The SMILES string of the molecule is O=C(CCc1ccccc1)N1CC2(CC(N3CCCC3)CO2)C1. The second-order valence-electron chi connectivity index (χ2n) is 7.33. The van der Waals surface area contributed by atoms with Crippen LogP contribution in [0.25, 0.3) is 0 Å². The Morgan fingerprint density at radius 3 is 2.65 bits per heavy atom. The number of hydrogen-bond donors (Lipinski definition) is 0. The Hall–Kier alpha value is -1.39. The zero-order chi connectivity index (χ0) is 15.7. The van der Waals surface area contributed by atoms with Crippen molar-refractivity contribution < 1.29 is 9.53 Å². The van der Waals surface area contributed by atoms with Crippen LogP contribution in [0.1, 0.15) is 31.2 Å². The van der Waals surface area contributed by atoms with Gasteiger partial charge in [0.25, 0.3) is 0 Å². The van der Waals surface area contributed by atoms with Crippen LogP contribution in [0.3, 0.4) is 0 Å². The summed E-state index contributed by atoms with van der Waals surface area (Å²) in [7, 11) is 0. The van der Waals surface area contributed by atoms with Gasteiger partial charge >= 0.3 is 0 Å².